The van der Waals surface area contributed by atoms with E-state index in [1.54, 1.807) is 6.92 Å². The van der Waals surface area contributed by atoms with Crippen LogP contribution in [-0.2, 0) is 19.3 Å². The molecule has 6 heteroatoms. The minimum Gasteiger partial charge on any atom is -0.319 e. The number of aryl methyl sites for hydroxylation is 2. The number of hydrogen-bond donors (Lipinski definition) is 1. The Bertz CT molecular complexity index is 457. The third-order valence-electron chi connectivity index (χ3n) is 3.48. The fourth-order valence-corrected chi connectivity index (χ4v) is 2.64. The summed E-state index contributed by atoms with van der Waals surface area (Å²) in [6.07, 6.45) is -2.72. The highest BCUT2D eigenvalue weighted by atomic mass is 19.4. The van der Waals surface area contributed by atoms with E-state index in [2.05, 4.69) is 15.3 Å². The van der Waals surface area contributed by atoms with Crippen LogP contribution < -0.4 is 5.32 Å². The molecule has 0 spiro atoms. The van der Waals surface area contributed by atoms with E-state index in [1.807, 2.05) is 7.05 Å². The van der Waals surface area contributed by atoms with Gasteiger partial charge in [-0.2, -0.15) is 13.2 Å². The van der Waals surface area contributed by atoms with Gasteiger partial charge < -0.3 is 5.32 Å². The molecular formula is C13H18F3N3. The van der Waals surface area contributed by atoms with Crippen LogP contribution in [-0.4, -0.2) is 29.7 Å². The van der Waals surface area contributed by atoms with Crippen molar-refractivity contribution >= 4 is 0 Å². The lowest BCUT2D eigenvalue weighted by molar-refractivity contribution is -0.128. The molecule has 1 unspecified atom stereocenters. The molecule has 3 nitrogen and oxygen atoms in total. The van der Waals surface area contributed by atoms with E-state index in [0.29, 0.717) is 11.6 Å². The third-order valence-corrected chi connectivity index (χ3v) is 3.48. The molecule has 2 rings (SSSR count). The van der Waals surface area contributed by atoms with E-state index in [0.717, 1.165) is 37.1 Å². The van der Waals surface area contributed by atoms with Gasteiger partial charge in [-0.1, -0.05) is 0 Å². The molecule has 19 heavy (non-hydrogen) atoms. The molecule has 1 atom stereocenters. The first kappa shape index (κ1) is 14.2. The fourth-order valence-electron chi connectivity index (χ4n) is 2.64. The summed E-state index contributed by atoms with van der Waals surface area (Å²) < 4.78 is 37.1. The van der Waals surface area contributed by atoms with Gasteiger partial charge in [-0.25, -0.2) is 9.97 Å². The lowest BCUT2D eigenvalue weighted by Crippen LogP contribution is -2.27. The molecule has 0 fully saturated rings. The molecule has 0 aromatic carbocycles. The van der Waals surface area contributed by atoms with E-state index in [1.165, 1.54) is 0 Å². The van der Waals surface area contributed by atoms with Crippen LogP contribution in [0.5, 0.6) is 0 Å². The number of halogens is 3. The Kier molecular flexibility index (Phi) is 4.08. The first-order chi connectivity index (χ1) is 8.89. The molecule has 0 radical (unpaired) electrons. The molecule has 0 saturated carbocycles. The zero-order valence-electron chi connectivity index (χ0n) is 11.1. The maximum atomic E-state index is 12.4. The van der Waals surface area contributed by atoms with Gasteiger partial charge in [0.2, 0.25) is 0 Å². The lowest BCUT2D eigenvalue weighted by atomic mass is 9.86. The van der Waals surface area contributed by atoms with Crippen LogP contribution in [0.3, 0.4) is 0 Å². The second-order valence-electron chi connectivity index (χ2n) is 5.11. The van der Waals surface area contributed by atoms with Crippen molar-refractivity contribution in [2.75, 3.05) is 13.6 Å². The molecule has 0 bridgehead atoms. The number of alkyl halides is 3. The highest BCUT2D eigenvalue weighted by Crippen LogP contribution is 2.27. The summed E-state index contributed by atoms with van der Waals surface area (Å²) >= 11 is 0. The predicted molar refractivity (Wildman–Crippen MR) is 66.0 cm³/mol. The number of fused-ring (bicyclic) bond motifs is 1. The molecule has 1 N–H and O–H groups in total. The van der Waals surface area contributed by atoms with Gasteiger partial charge in [-0.3, -0.25) is 0 Å². The summed E-state index contributed by atoms with van der Waals surface area (Å²) in [6, 6.07) is 0. The van der Waals surface area contributed by atoms with Gasteiger partial charge in [0.15, 0.2) is 0 Å². The van der Waals surface area contributed by atoms with Crippen LogP contribution in [0.4, 0.5) is 13.2 Å². The van der Waals surface area contributed by atoms with Crippen LogP contribution in [0.1, 0.15) is 29.2 Å². The Labute approximate surface area is 110 Å². The third kappa shape index (κ3) is 3.65. The normalized spacial score (nSPS) is 19.3. The smallest absolute Gasteiger partial charge is 0.319 e. The van der Waals surface area contributed by atoms with Gasteiger partial charge >= 0.3 is 6.18 Å². The van der Waals surface area contributed by atoms with Gasteiger partial charge in [-0.15, -0.1) is 0 Å². The Morgan fingerprint density at radius 3 is 2.68 bits per heavy atom. The monoisotopic (exact) mass is 273 g/mol. The van der Waals surface area contributed by atoms with Gasteiger partial charge in [0, 0.05) is 11.4 Å². The number of nitrogens with zero attached hydrogens (tertiary/aromatic N) is 2. The standard InChI is InChI=1S/C13H18F3N3/c1-8-10-5-9(7-17-2)3-4-11(10)19-12(18-8)6-13(14,15)16/h9,17H,3-7H2,1-2H3. The summed E-state index contributed by atoms with van der Waals surface area (Å²) in [7, 11) is 1.91. The van der Waals surface area contributed by atoms with Crippen molar-refractivity contribution in [3.63, 3.8) is 0 Å². The maximum Gasteiger partial charge on any atom is 0.396 e. The SMILES string of the molecule is CNCC1CCc2nc(CC(F)(F)F)nc(C)c2C1. The molecule has 1 aliphatic carbocycles. The Balaban J connectivity index is 2.21. The van der Waals surface area contributed by atoms with Crippen molar-refractivity contribution in [2.45, 2.75) is 38.8 Å². The molecule has 0 amide bonds. The first-order valence-electron chi connectivity index (χ1n) is 6.45. The number of rotatable bonds is 3. The molecule has 1 aromatic rings. The summed E-state index contributed by atoms with van der Waals surface area (Å²) in [5, 5.41) is 3.14. The summed E-state index contributed by atoms with van der Waals surface area (Å²) in [5.74, 6) is 0.420. The van der Waals surface area contributed by atoms with Crippen molar-refractivity contribution in [2.24, 2.45) is 5.92 Å². The average Bonchev–Trinajstić information content (AvgIpc) is 2.28. The van der Waals surface area contributed by atoms with E-state index >= 15 is 0 Å². The zero-order valence-corrected chi connectivity index (χ0v) is 11.1. The Morgan fingerprint density at radius 2 is 2.05 bits per heavy atom. The van der Waals surface area contributed by atoms with Crippen molar-refractivity contribution in [3.8, 4) is 0 Å². The number of hydrogen-bond acceptors (Lipinski definition) is 3. The second kappa shape index (κ2) is 5.45. The minimum atomic E-state index is -4.25. The van der Waals surface area contributed by atoms with Crippen molar-refractivity contribution in [1.82, 2.24) is 15.3 Å². The van der Waals surface area contributed by atoms with Crippen LogP contribution in [0.15, 0.2) is 0 Å². The van der Waals surface area contributed by atoms with Gasteiger partial charge in [0.05, 0.1) is 0 Å². The molecular weight excluding hydrogens is 255 g/mol. The summed E-state index contributed by atoms with van der Waals surface area (Å²) in [4.78, 5) is 8.12. The van der Waals surface area contributed by atoms with Crippen LogP contribution in [0, 0.1) is 12.8 Å². The predicted octanol–water partition coefficient (Wildman–Crippen LogP) is 2.21. The fraction of sp³-hybridized carbons (Fsp3) is 0.692. The summed E-state index contributed by atoms with van der Waals surface area (Å²) in [5.41, 5.74) is 2.54. The van der Waals surface area contributed by atoms with Crippen molar-refractivity contribution in [3.05, 3.63) is 22.8 Å². The first-order valence-corrected chi connectivity index (χ1v) is 6.45. The second-order valence-corrected chi connectivity index (χ2v) is 5.11. The van der Waals surface area contributed by atoms with Crippen molar-refractivity contribution in [1.29, 1.82) is 0 Å². The van der Waals surface area contributed by atoms with Gasteiger partial charge in [0.25, 0.3) is 0 Å². The number of aromatic nitrogens is 2. The molecule has 1 aliphatic rings. The molecule has 1 heterocycles. The average molecular weight is 273 g/mol. The van der Waals surface area contributed by atoms with E-state index in [-0.39, 0.29) is 5.82 Å². The highest BCUT2D eigenvalue weighted by Gasteiger charge is 2.31. The van der Waals surface area contributed by atoms with Gasteiger partial charge in [-0.05, 0) is 51.3 Å². The van der Waals surface area contributed by atoms with E-state index in [4.69, 9.17) is 0 Å². The zero-order chi connectivity index (χ0) is 14.0. The van der Waals surface area contributed by atoms with Gasteiger partial charge in [0.1, 0.15) is 12.2 Å². The topological polar surface area (TPSA) is 37.8 Å². The molecule has 0 aliphatic heterocycles. The molecule has 106 valence electrons. The van der Waals surface area contributed by atoms with E-state index < -0.39 is 12.6 Å². The van der Waals surface area contributed by atoms with Crippen LogP contribution in [0.25, 0.3) is 0 Å². The van der Waals surface area contributed by atoms with Crippen LogP contribution in [0.2, 0.25) is 0 Å². The Morgan fingerprint density at radius 1 is 1.32 bits per heavy atom. The maximum absolute atomic E-state index is 12.4. The van der Waals surface area contributed by atoms with Crippen LogP contribution >= 0.6 is 0 Å². The molecule has 1 aromatic heterocycles. The van der Waals surface area contributed by atoms with Crippen molar-refractivity contribution < 1.29 is 13.2 Å². The summed E-state index contributed by atoms with van der Waals surface area (Å²) in [6.45, 7) is 2.70. The number of nitrogens with one attached hydrogen (secondary N) is 1. The quantitative estimate of drug-likeness (QED) is 0.917. The minimum absolute atomic E-state index is 0.101. The Hall–Kier alpha value is -1.17. The van der Waals surface area contributed by atoms with E-state index in [9.17, 15) is 13.2 Å². The largest absolute Gasteiger partial charge is 0.396 e. The molecule has 0 saturated heterocycles. The lowest BCUT2D eigenvalue weighted by Gasteiger charge is -2.25. The highest BCUT2D eigenvalue weighted by molar-refractivity contribution is 5.28.